The van der Waals surface area contributed by atoms with E-state index in [9.17, 15) is 13.2 Å². The summed E-state index contributed by atoms with van der Waals surface area (Å²) in [6.45, 7) is 3.29. The van der Waals surface area contributed by atoms with Crippen molar-refractivity contribution in [2.24, 2.45) is 0 Å². The highest BCUT2D eigenvalue weighted by molar-refractivity contribution is 7.89. The quantitative estimate of drug-likeness (QED) is 0.806. The first-order valence-electron chi connectivity index (χ1n) is 6.55. The number of sulfonamides is 1. The van der Waals surface area contributed by atoms with Gasteiger partial charge in [-0.1, -0.05) is 0 Å². The summed E-state index contributed by atoms with van der Waals surface area (Å²) in [5, 5.41) is 5.85. The number of carbonyl (C=O) groups excluding carboxylic acids is 1. The van der Waals surface area contributed by atoms with Crippen LogP contribution in [0.1, 0.15) is 6.92 Å². The van der Waals surface area contributed by atoms with E-state index in [1.54, 1.807) is 19.1 Å². The number of anilines is 1. The molecule has 1 amide bonds. The molecular weight excluding hydrogens is 290 g/mol. The minimum absolute atomic E-state index is 0.158. The van der Waals surface area contributed by atoms with Gasteiger partial charge in [0.2, 0.25) is 10.0 Å². The van der Waals surface area contributed by atoms with Gasteiger partial charge in [0.15, 0.2) is 0 Å². The molecule has 0 aromatic heterocycles. The van der Waals surface area contributed by atoms with Crippen LogP contribution in [0.5, 0.6) is 0 Å². The Morgan fingerprint density at radius 1 is 1.19 bits per heavy atom. The molecule has 0 bridgehead atoms. The van der Waals surface area contributed by atoms with Crippen LogP contribution in [0, 0.1) is 0 Å². The van der Waals surface area contributed by atoms with Crippen LogP contribution < -0.4 is 10.6 Å². The van der Waals surface area contributed by atoms with Gasteiger partial charge in [0.1, 0.15) is 0 Å². The Hall–Kier alpha value is -1.70. The number of carbonyl (C=O) groups is 1. The predicted octanol–water partition coefficient (Wildman–Crippen LogP) is 0.795. The second kappa shape index (κ2) is 5.97. The zero-order valence-corrected chi connectivity index (χ0v) is 13.1. The second-order valence-corrected chi connectivity index (χ2v) is 7.25. The summed E-state index contributed by atoms with van der Waals surface area (Å²) in [5.74, 6) is -0.158. The van der Waals surface area contributed by atoms with Crippen molar-refractivity contribution in [3.8, 4) is 0 Å². The van der Waals surface area contributed by atoms with Crippen molar-refractivity contribution in [3.05, 3.63) is 35.4 Å². The van der Waals surface area contributed by atoms with Crippen LogP contribution in [0.15, 0.2) is 40.3 Å². The highest BCUT2D eigenvalue weighted by Crippen LogP contribution is 2.18. The van der Waals surface area contributed by atoms with Gasteiger partial charge in [-0.3, -0.25) is 4.79 Å². The number of benzene rings is 1. The maximum absolute atomic E-state index is 12.0. The number of hydrogen-bond acceptors (Lipinski definition) is 4. The van der Waals surface area contributed by atoms with Gasteiger partial charge in [-0.05, 0) is 36.8 Å². The molecule has 114 valence electrons. The zero-order chi connectivity index (χ0) is 15.6. The third-order valence-electron chi connectivity index (χ3n) is 3.44. The van der Waals surface area contributed by atoms with Gasteiger partial charge in [0.25, 0.3) is 5.91 Å². The SMILES string of the molecule is CC(C(=O)Nc1ccc(S(=O)(=O)N(C)C)cc1)=C1CNC1. The van der Waals surface area contributed by atoms with E-state index in [1.807, 2.05) is 0 Å². The van der Waals surface area contributed by atoms with Crippen molar-refractivity contribution in [3.63, 3.8) is 0 Å². The summed E-state index contributed by atoms with van der Waals surface area (Å²) in [7, 11) is -0.485. The fourth-order valence-corrected chi connectivity index (χ4v) is 2.72. The van der Waals surface area contributed by atoms with Gasteiger partial charge >= 0.3 is 0 Å². The molecule has 1 heterocycles. The molecule has 2 N–H and O–H groups in total. The fraction of sp³-hybridized carbons (Fsp3) is 0.357. The molecule has 0 spiro atoms. The zero-order valence-electron chi connectivity index (χ0n) is 12.3. The number of nitrogens with zero attached hydrogens (tertiary/aromatic N) is 1. The molecule has 1 aromatic carbocycles. The largest absolute Gasteiger partial charge is 0.322 e. The van der Waals surface area contributed by atoms with E-state index in [-0.39, 0.29) is 10.8 Å². The Kier molecular flexibility index (Phi) is 4.46. The third kappa shape index (κ3) is 3.31. The summed E-state index contributed by atoms with van der Waals surface area (Å²) in [6, 6.07) is 6.15. The Labute approximate surface area is 124 Å². The first-order chi connectivity index (χ1) is 9.82. The lowest BCUT2D eigenvalue weighted by Gasteiger charge is -2.21. The highest BCUT2D eigenvalue weighted by atomic mass is 32.2. The molecular formula is C14H19N3O3S. The van der Waals surface area contributed by atoms with Crippen LogP contribution in [-0.4, -0.2) is 45.8 Å². The molecule has 1 aromatic rings. The summed E-state index contributed by atoms with van der Waals surface area (Å²) in [4.78, 5) is 12.2. The fourth-order valence-electron chi connectivity index (χ4n) is 1.82. The Morgan fingerprint density at radius 3 is 2.19 bits per heavy atom. The number of rotatable bonds is 4. The molecule has 1 aliphatic heterocycles. The maximum atomic E-state index is 12.0. The van der Waals surface area contributed by atoms with E-state index in [4.69, 9.17) is 0 Å². The maximum Gasteiger partial charge on any atom is 0.251 e. The Balaban J connectivity index is 2.12. The van der Waals surface area contributed by atoms with Gasteiger partial charge in [-0.25, -0.2) is 12.7 Å². The van der Waals surface area contributed by atoms with E-state index >= 15 is 0 Å². The summed E-state index contributed by atoms with van der Waals surface area (Å²) >= 11 is 0. The van der Waals surface area contributed by atoms with Gasteiger partial charge < -0.3 is 10.6 Å². The number of amides is 1. The van der Waals surface area contributed by atoms with Crippen molar-refractivity contribution < 1.29 is 13.2 Å². The standard InChI is InChI=1S/C14H19N3O3S/c1-10(11-8-15-9-11)14(18)16-12-4-6-13(7-5-12)21(19,20)17(2)3/h4-7,15H,8-9H2,1-3H3,(H,16,18). The van der Waals surface area contributed by atoms with E-state index in [2.05, 4.69) is 10.6 Å². The van der Waals surface area contributed by atoms with Crippen LogP contribution in [0.4, 0.5) is 5.69 Å². The molecule has 1 saturated heterocycles. The van der Waals surface area contributed by atoms with Gasteiger partial charge in [-0.15, -0.1) is 0 Å². The van der Waals surface area contributed by atoms with E-state index in [0.717, 1.165) is 23.0 Å². The van der Waals surface area contributed by atoms with Crippen molar-refractivity contribution in [1.29, 1.82) is 0 Å². The first-order valence-corrected chi connectivity index (χ1v) is 7.99. The van der Waals surface area contributed by atoms with E-state index in [1.165, 1.54) is 26.2 Å². The normalized spacial score (nSPS) is 14.8. The number of hydrogen-bond donors (Lipinski definition) is 2. The summed E-state index contributed by atoms with van der Waals surface area (Å²) in [6.07, 6.45) is 0. The molecule has 0 unspecified atom stereocenters. The van der Waals surface area contributed by atoms with Crippen molar-refractivity contribution in [1.82, 2.24) is 9.62 Å². The topological polar surface area (TPSA) is 78.5 Å². The molecule has 0 atom stereocenters. The van der Waals surface area contributed by atoms with Crippen LogP contribution in [0.2, 0.25) is 0 Å². The lowest BCUT2D eigenvalue weighted by Crippen LogP contribution is -2.36. The molecule has 6 nitrogen and oxygen atoms in total. The van der Waals surface area contributed by atoms with Gasteiger partial charge in [0.05, 0.1) is 4.90 Å². The monoisotopic (exact) mass is 309 g/mol. The molecule has 0 radical (unpaired) electrons. The van der Waals surface area contributed by atoms with Crippen LogP contribution in [-0.2, 0) is 14.8 Å². The Morgan fingerprint density at radius 2 is 1.76 bits per heavy atom. The minimum Gasteiger partial charge on any atom is -0.322 e. The van der Waals surface area contributed by atoms with Crippen molar-refractivity contribution >= 4 is 21.6 Å². The van der Waals surface area contributed by atoms with E-state index < -0.39 is 10.0 Å². The van der Waals surface area contributed by atoms with Crippen LogP contribution in [0.3, 0.4) is 0 Å². The molecule has 1 aliphatic rings. The number of nitrogens with one attached hydrogen (secondary N) is 2. The van der Waals surface area contributed by atoms with Crippen molar-refractivity contribution in [2.45, 2.75) is 11.8 Å². The first kappa shape index (κ1) is 15.7. The smallest absolute Gasteiger partial charge is 0.251 e. The molecule has 2 rings (SSSR count). The van der Waals surface area contributed by atoms with Crippen LogP contribution >= 0.6 is 0 Å². The third-order valence-corrected chi connectivity index (χ3v) is 5.27. The minimum atomic E-state index is -3.44. The average Bonchev–Trinajstić information content (AvgIpc) is 2.37. The molecule has 0 saturated carbocycles. The van der Waals surface area contributed by atoms with E-state index in [0.29, 0.717) is 11.3 Å². The lowest BCUT2D eigenvalue weighted by molar-refractivity contribution is -0.112. The molecule has 1 fully saturated rings. The average molecular weight is 309 g/mol. The van der Waals surface area contributed by atoms with Crippen LogP contribution in [0.25, 0.3) is 0 Å². The van der Waals surface area contributed by atoms with Gasteiger partial charge in [0, 0.05) is 38.4 Å². The molecule has 21 heavy (non-hydrogen) atoms. The lowest BCUT2D eigenvalue weighted by atomic mass is 10.0. The van der Waals surface area contributed by atoms with Gasteiger partial charge in [-0.2, -0.15) is 0 Å². The Bertz CT molecular complexity index is 670. The van der Waals surface area contributed by atoms with Crippen molar-refractivity contribution in [2.75, 3.05) is 32.5 Å². The predicted molar refractivity (Wildman–Crippen MR) is 81.5 cm³/mol. The summed E-state index contributed by atoms with van der Waals surface area (Å²) < 4.78 is 25.0. The second-order valence-electron chi connectivity index (χ2n) is 5.10. The molecule has 0 aliphatic carbocycles. The highest BCUT2D eigenvalue weighted by Gasteiger charge is 2.18. The summed E-state index contributed by atoms with van der Waals surface area (Å²) in [5.41, 5.74) is 2.38. The molecule has 7 heteroatoms.